The molecule has 1 rings (SSSR count). The minimum atomic E-state index is -0.676. The smallest absolute Gasteiger partial charge is 0.356 e. The number of ether oxygens (including phenoxy) is 1. The van der Waals surface area contributed by atoms with Gasteiger partial charge in [0, 0.05) is 6.07 Å². The number of nitro groups is 1. The van der Waals surface area contributed by atoms with Crippen LogP contribution in [0.1, 0.15) is 17.4 Å². The molecule has 1 heterocycles. The van der Waals surface area contributed by atoms with Gasteiger partial charge in [-0.25, -0.2) is 9.78 Å². The van der Waals surface area contributed by atoms with Crippen molar-refractivity contribution >= 4 is 23.3 Å². The van der Waals surface area contributed by atoms with E-state index >= 15 is 0 Å². The van der Waals surface area contributed by atoms with Crippen molar-refractivity contribution in [3.63, 3.8) is 0 Å². The van der Waals surface area contributed by atoms with E-state index in [4.69, 9.17) is 11.6 Å². The third kappa shape index (κ3) is 2.63. The second kappa shape index (κ2) is 4.70. The zero-order valence-corrected chi connectivity index (χ0v) is 8.52. The molecule has 0 radical (unpaired) electrons. The molecular formula is C8H7ClN2O4. The average molecular weight is 231 g/mol. The highest BCUT2D eigenvalue weighted by atomic mass is 35.5. The molecular weight excluding hydrogens is 224 g/mol. The van der Waals surface area contributed by atoms with Gasteiger partial charge in [0.2, 0.25) is 5.15 Å². The lowest BCUT2D eigenvalue weighted by atomic mass is 10.3. The van der Waals surface area contributed by atoms with Gasteiger partial charge in [-0.2, -0.15) is 0 Å². The van der Waals surface area contributed by atoms with Gasteiger partial charge >= 0.3 is 11.7 Å². The van der Waals surface area contributed by atoms with Gasteiger partial charge in [-0.3, -0.25) is 10.1 Å². The van der Waals surface area contributed by atoms with Crippen LogP contribution in [-0.4, -0.2) is 22.5 Å². The second-order valence-electron chi connectivity index (χ2n) is 2.48. The number of hydrogen-bond donors (Lipinski definition) is 0. The van der Waals surface area contributed by atoms with Crippen molar-refractivity contribution in [2.75, 3.05) is 6.61 Å². The van der Waals surface area contributed by atoms with Gasteiger partial charge in [0.25, 0.3) is 0 Å². The summed E-state index contributed by atoms with van der Waals surface area (Å²) in [6.07, 6.45) is 0. The molecule has 7 heteroatoms. The van der Waals surface area contributed by atoms with E-state index in [1.807, 2.05) is 0 Å². The number of rotatable bonds is 3. The van der Waals surface area contributed by atoms with Crippen LogP contribution in [0, 0.1) is 10.1 Å². The summed E-state index contributed by atoms with van der Waals surface area (Å²) in [6.45, 7) is 1.85. The predicted octanol–water partition coefficient (Wildman–Crippen LogP) is 1.82. The summed E-state index contributed by atoms with van der Waals surface area (Å²) in [6, 6.07) is 2.31. The molecule has 6 nitrogen and oxygen atoms in total. The molecule has 0 aliphatic heterocycles. The summed E-state index contributed by atoms with van der Waals surface area (Å²) in [4.78, 5) is 24.4. The Morgan fingerprint density at radius 1 is 1.67 bits per heavy atom. The SMILES string of the molecule is CCOC(=O)c1ccc([N+](=O)[O-])c(Cl)n1. The van der Waals surface area contributed by atoms with Crippen molar-refractivity contribution in [1.29, 1.82) is 0 Å². The first-order valence-electron chi connectivity index (χ1n) is 4.04. The average Bonchev–Trinajstić information content (AvgIpc) is 2.17. The van der Waals surface area contributed by atoms with Gasteiger partial charge in [0.05, 0.1) is 11.5 Å². The van der Waals surface area contributed by atoms with Crippen LogP contribution < -0.4 is 0 Å². The van der Waals surface area contributed by atoms with Gasteiger partial charge in [-0.05, 0) is 13.0 Å². The topological polar surface area (TPSA) is 82.3 Å². The zero-order chi connectivity index (χ0) is 11.4. The van der Waals surface area contributed by atoms with Gasteiger partial charge in [0.1, 0.15) is 0 Å². The fourth-order valence-electron chi connectivity index (χ4n) is 0.882. The van der Waals surface area contributed by atoms with Crippen LogP contribution in [0.3, 0.4) is 0 Å². The van der Waals surface area contributed by atoms with Crippen molar-refractivity contribution < 1.29 is 14.5 Å². The number of esters is 1. The van der Waals surface area contributed by atoms with Crippen molar-refractivity contribution in [3.05, 3.63) is 33.1 Å². The first kappa shape index (κ1) is 11.4. The molecule has 0 fully saturated rings. The lowest BCUT2D eigenvalue weighted by molar-refractivity contribution is -0.385. The molecule has 80 valence electrons. The molecule has 0 saturated heterocycles. The Labute approximate surface area is 90.0 Å². The Hall–Kier alpha value is -1.69. The first-order valence-corrected chi connectivity index (χ1v) is 4.42. The van der Waals surface area contributed by atoms with Crippen LogP contribution in [0.5, 0.6) is 0 Å². The van der Waals surface area contributed by atoms with Crippen LogP contribution in [0.2, 0.25) is 5.15 Å². The van der Waals surface area contributed by atoms with Crippen molar-refractivity contribution in [3.8, 4) is 0 Å². The molecule has 0 aliphatic rings. The molecule has 0 amide bonds. The monoisotopic (exact) mass is 230 g/mol. The molecule has 0 atom stereocenters. The normalized spacial score (nSPS) is 9.73. The van der Waals surface area contributed by atoms with E-state index in [9.17, 15) is 14.9 Å². The summed E-state index contributed by atoms with van der Waals surface area (Å²) >= 11 is 5.51. The molecule has 1 aromatic rings. The van der Waals surface area contributed by atoms with E-state index in [0.717, 1.165) is 6.07 Å². The number of aromatic nitrogens is 1. The maximum Gasteiger partial charge on any atom is 0.356 e. The highest BCUT2D eigenvalue weighted by Gasteiger charge is 2.17. The lowest BCUT2D eigenvalue weighted by Crippen LogP contribution is -2.07. The molecule has 15 heavy (non-hydrogen) atoms. The van der Waals surface area contributed by atoms with Gasteiger partial charge < -0.3 is 4.74 Å². The second-order valence-corrected chi connectivity index (χ2v) is 2.84. The molecule has 0 unspecified atom stereocenters. The summed E-state index contributed by atoms with van der Waals surface area (Å²) < 4.78 is 4.65. The van der Waals surface area contributed by atoms with Crippen LogP contribution >= 0.6 is 11.6 Å². The number of carbonyl (C=O) groups excluding carboxylic acids is 1. The van der Waals surface area contributed by atoms with Gasteiger partial charge in [-0.15, -0.1) is 0 Å². The molecule has 1 aromatic heterocycles. The number of nitrogens with zero attached hydrogens (tertiary/aromatic N) is 2. The Morgan fingerprint density at radius 2 is 2.33 bits per heavy atom. The molecule has 0 bridgehead atoms. The maximum absolute atomic E-state index is 11.2. The standard InChI is InChI=1S/C8H7ClN2O4/c1-2-15-8(12)5-3-4-6(11(13)14)7(9)10-5/h3-4H,2H2,1H3. The molecule has 0 spiro atoms. The van der Waals surface area contributed by atoms with E-state index in [1.165, 1.54) is 6.07 Å². The number of halogens is 1. The number of carbonyl (C=O) groups is 1. The Morgan fingerprint density at radius 3 is 2.80 bits per heavy atom. The molecule has 0 aliphatic carbocycles. The summed E-state index contributed by atoms with van der Waals surface area (Å²) in [7, 11) is 0. The maximum atomic E-state index is 11.2. The lowest BCUT2D eigenvalue weighted by Gasteiger charge is -2.00. The fourth-order valence-corrected chi connectivity index (χ4v) is 1.10. The molecule has 0 N–H and O–H groups in total. The highest BCUT2D eigenvalue weighted by Crippen LogP contribution is 2.21. The van der Waals surface area contributed by atoms with Crippen LogP contribution in [-0.2, 0) is 4.74 Å². The first-order chi connectivity index (χ1) is 7.06. The Kier molecular flexibility index (Phi) is 3.56. The zero-order valence-electron chi connectivity index (χ0n) is 7.77. The largest absolute Gasteiger partial charge is 0.461 e. The van der Waals surface area contributed by atoms with E-state index < -0.39 is 10.9 Å². The van der Waals surface area contributed by atoms with Gasteiger partial charge in [-0.1, -0.05) is 11.6 Å². The minimum Gasteiger partial charge on any atom is -0.461 e. The van der Waals surface area contributed by atoms with Crippen molar-refractivity contribution in [1.82, 2.24) is 4.98 Å². The van der Waals surface area contributed by atoms with Crippen LogP contribution in [0.15, 0.2) is 12.1 Å². The third-order valence-electron chi connectivity index (χ3n) is 1.51. The minimum absolute atomic E-state index is 0.0487. The highest BCUT2D eigenvalue weighted by molar-refractivity contribution is 6.31. The predicted molar refractivity (Wildman–Crippen MR) is 51.9 cm³/mol. The van der Waals surface area contributed by atoms with Crippen molar-refractivity contribution in [2.45, 2.75) is 6.92 Å². The summed E-state index contributed by atoms with van der Waals surface area (Å²) in [5.74, 6) is -0.658. The Bertz CT molecular complexity index is 408. The number of pyridine rings is 1. The third-order valence-corrected chi connectivity index (χ3v) is 1.79. The van der Waals surface area contributed by atoms with E-state index in [0.29, 0.717) is 0 Å². The van der Waals surface area contributed by atoms with Crippen LogP contribution in [0.4, 0.5) is 5.69 Å². The van der Waals surface area contributed by atoms with Gasteiger partial charge in [0.15, 0.2) is 5.69 Å². The molecule has 0 aromatic carbocycles. The summed E-state index contributed by atoms with van der Waals surface area (Å²) in [5, 5.41) is 10.1. The molecule has 0 saturated carbocycles. The van der Waals surface area contributed by atoms with E-state index in [-0.39, 0.29) is 23.1 Å². The quantitative estimate of drug-likeness (QED) is 0.342. The van der Waals surface area contributed by atoms with E-state index in [2.05, 4.69) is 9.72 Å². The van der Waals surface area contributed by atoms with Crippen LogP contribution in [0.25, 0.3) is 0 Å². The van der Waals surface area contributed by atoms with Crippen molar-refractivity contribution in [2.24, 2.45) is 0 Å². The summed E-state index contributed by atoms with van der Waals surface area (Å²) in [5.41, 5.74) is -0.392. The Balaban J connectivity index is 3.01. The number of hydrogen-bond acceptors (Lipinski definition) is 5. The van der Waals surface area contributed by atoms with E-state index in [1.54, 1.807) is 6.92 Å². The fraction of sp³-hybridized carbons (Fsp3) is 0.250.